The first-order valence-electron chi connectivity index (χ1n) is 5.42. The van der Waals surface area contributed by atoms with Crippen molar-refractivity contribution in [1.82, 2.24) is 4.57 Å². The Hall–Kier alpha value is -2.10. The van der Waals surface area contributed by atoms with Crippen LogP contribution in [-0.4, -0.2) is 21.9 Å². The van der Waals surface area contributed by atoms with Gasteiger partial charge in [-0.2, -0.15) is 0 Å². The molecule has 0 spiro atoms. The van der Waals surface area contributed by atoms with Crippen LogP contribution in [0, 0.1) is 6.92 Å². The van der Waals surface area contributed by atoms with Gasteiger partial charge in [-0.15, -0.1) is 0 Å². The van der Waals surface area contributed by atoms with E-state index in [1.165, 1.54) is 6.07 Å². The highest BCUT2D eigenvalue weighted by Crippen LogP contribution is 2.27. The number of aryl methyl sites for hydroxylation is 1. The summed E-state index contributed by atoms with van der Waals surface area (Å²) >= 11 is 0. The summed E-state index contributed by atoms with van der Waals surface area (Å²) in [5.41, 5.74) is 2.26. The van der Waals surface area contributed by atoms with E-state index >= 15 is 0 Å². The van der Waals surface area contributed by atoms with E-state index in [9.17, 15) is 9.59 Å². The summed E-state index contributed by atoms with van der Waals surface area (Å²) in [6.45, 7) is 4.51. The molecule has 0 aliphatic heterocycles. The Bertz CT molecular complexity index is 611. The third kappa shape index (κ3) is 1.53. The van der Waals surface area contributed by atoms with Crippen LogP contribution in [0.25, 0.3) is 10.9 Å². The van der Waals surface area contributed by atoms with Crippen molar-refractivity contribution in [3.05, 3.63) is 35.0 Å². The highest BCUT2D eigenvalue weighted by atomic mass is 16.4. The van der Waals surface area contributed by atoms with Crippen LogP contribution in [0.3, 0.4) is 0 Å². The second-order valence-electron chi connectivity index (χ2n) is 3.87. The molecule has 0 atom stereocenters. The summed E-state index contributed by atoms with van der Waals surface area (Å²) in [7, 11) is 0. The molecule has 4 heteroatoms. The van der Waals surface area contributed by atoms with Gasteiger partial charge in [-0.1, -0.05) is 6.07 Å². The maximum Gasteiger partial charge on any atom is 0.336 e. The van der Waals surface area contributed by atoms with Crippen LogP contribution in [0.5, 0.6) is 0 Å². The highest BCUT2D eigenvalue weighted by molar-refractivity contribution is 6.10. The van der Waals surface area contributed by atoms with Crippen LogP contribution < -0.4 is 0 Å². The van der Waals surface area contributed by atoms with E-state index in [0.717, 1.165) is 17.5 Å². The predicted molar refractivity (Wildman–Crippen MR) is 64.7 cm³/mol. The quantitative estimate of drug-likeness (QED) is 0.825. The number of hydrogen-bond donors (Lipinski definition) is 1. The van der Waals surface area contributed by atoms with Crippen molar-refractivity contribution >= 4 is 23.2 Å². The van der Waals surface area contributed by atoms with Crippen LogP contribution in [0.4, 0.5) is 0 Å². The van der Waals surface area contributed by atoms with Crippen LogP contribution in [-0.2, 0) is 6.54 Å². The molecule has 0 saturated carbocycles. The highest BCUT2D eigenvalue weighted by Gasteiger charge is 2.18. The molecule has 0 unspecified atom stereocenters. The van der Waals surface area contributed by atoms with Crippen molar-refractivity contribution in [3.63, 3.8) is 0 Å². The summed E-state index contributed by atoms with van der Waals surface area (Å²) in [6, 6.07) is 5.06. The average molecular weight is 231 g/mol. The molecule has 1 N–H and O–H groups in total. The molecule has 88 valence electrons. The fourth-order valence-corrected chi connectivity index (χ4v) is 2.29. The van der Waals surface area contributed by atoms with E-state index < -0.39 is 5.97 Å². The summed E-state index contributed by atoms with van der Waals surface area (Å²) in [5.74, 6) is -1.01. The molecule has 4 nitrogen and oxygen atoms in total. The molecule has 0 saturated heterocycles. The molecule has 0 aliphatic carbocycles. The van der Waals surface area contributed by atoms with Crippen molar-refractivity contribution in [1.29, 1.82) is 0 Å². The van der Waals surface area contributed by atoms with Gasteiger partial charge in [-0.3, -0.25) is 4.79 Å². The molecule has 2 aromatic rings. The Balaban J connectivity index is 2.99. The topological polar surface area (TPSA) is 59.3 Å². The molecule has 1 aromatic heterocycles. The Morgan fingerprint density at radius 2 is 2.18 bits per heavy atom. The number of aldehydes is 1. The van der Waals surface area contributed by atoms with Gasteiger partial charge in [0, 0.05) is 28.7 Å². The number of fused-ring (bicyclic) bond motifs is 1. The SMILES string of the molecule is CCn1c(C)c(C=O)c2c(C(=O)O)cccc21. The number of nitrogens with zero attached hydrogens (tertiary/aromatic N) is 1. The fraction of sp³-hybridized carbons (Fsp3) is 0.231. The van der Waals surface area contributed by atoms with E-state index in [2.05, 4.69) is 0 Å². The van der Waals surface area contributed by atoms with Gasteiger partial charge >= 0.3 is 5.97 Å². The number of carbonyl (C=O) groups excluding carboxylic acids is 1. The molecule has 1 heterocycles. The molecule has 0 fully saturated rings. The minimum Gasteiger partial charge on any atom is -0.478 e. The lowest BCUT2D eigenvalue weighted by atomic mass is 10.1. The van der Waals surface area contributed by atoms with Gasteiger partial charge in [0.15, 0.2) is 6.29 Å². The molecule has 17 heavy (non-hydrogen) atoms. The van der Waals surface area contributed by atoms with Gasteiger partial charge in [0.2, 0.25) is 0 Å². The van der Waals surface area contributed by atoms with Crippen LogP contribution >= 0.6 is 0 Å². The number of aromatic nitrogens is 1. The van der Waals surface area contributed by atoms with Crippen LogP contribution in [0.1, 0.15) is 33.3 Å². The number of hydrogen-bond acceptors (Lipinski definition) is 2. The van der Waals surface area contributed by atoms with E-state index in [-0.39, 0.29) is 5.56 Å². The zero-order valence-corrected chi connectivity index (χ0v) is 9.73. The minimum absolute atomic E-state index is 0.180. The lowest BCUT2D eigenvalue weighted by Crippen LogP contribution is -1.98. The van der Waals surface area contributed by atoms with E-state index in [0.29, 0.717) is 17.5 Å². The lowest BCUT2D eigenvalue weighted by molar-refractivity contribution is 0.0699. The van der Waals surface area contributed by atoms with Gasteiger partial charge < -0.3 is 9.67 Å². The average Bonchev–Trinajstić information content (AvgIpc) is 2.59. The van der Waals surface area contributed by atoms with Crippen molar-refractivity contribution in [2.75, 3.05) is 0 Å². The second-order valence-corrected chi connectivity index (χ2v) is 3.87. The standard InChI is InChI=1S/C13H13NO3/c1-3-14-8(2)10(7-15)12-9(13(16)17)5-4-6-11(12)14/h4-7H,3H2,1-2H3,(H,16,17). The summed E-state index contributed by atoms with van der Waals surface area (Å²) in [4.78, 5) is 22.3. The van der Waals surface area contributed by atoms with E-state index in [1.54, 1.807) is 6.07 Å². The first-order chi connectivity index (χ1) is 8.11. The molecule has 0 bridgehead atoms. The summed E-state index contributed by atoms with van der Waals surface area (Å²) < 4.78 is 1.95. The van der Waals surface area contributed by atoms with Gasteiger partial charge in [0.25, 0.3) is 0 Å². The Morgan fingerprint density at radius 3 is 2.71 bits per heavy atom. The van der Waals surface area contributed by atoms with Gasteiger partial charge in [0.05, 0.1) is 5.56 Å². The van der Waals surface area contributed by atoms with Gasteiger partial charge in [0.1, 0.15) is 0 Å². The van der Waals surface area contributed by atoms with Crippen LogP contribution in [0.15, 0.2) is 18.2 Å². The number of aromatic carboxylic acids is 1. The lowest BCUT2D eigenvalue weighted by Gasteiger charge is -2.03. The molecule has 0 aliphatic rings. The van der Waals surface area contributed by atoms with Gasteiger partial charge in [-0.25, -0.2) is 4.79 Å². The maximum absolute atomic E-state index is 11.2. The first kappa shape index (κ1) is 11.4. The maximum atomic E-state index is 11.2. The summed E-state index contributed by atoms with van der Waals surface area (Å²) in [6.07, 6.45) is 0.732. The Labute approximate surface area is 98.5 Å². The number of carboxylic acid groups (broad SMARTS) is 1. The van der Waals surface area contributed by atoms with E-state index in [4.69, 9.17) is 5.11 Å². The Kier molecular flexibility index (Phi) is 2.71. The molecule has 1 aromatic carbocycles. The Morgan fingerprint density at radius 1 is 1.47 bits per heavy atom. The van der Waals surface area contributed by atoms with Gasteiger partial charge in [-0.05, 0) is 26.0 Å². The second kappa shape index (κ2) is 4.05. The van der Waals surface area contributed by atoms with Crippen molar-refractivity contribution in [2.45, 2.75) is 20.4 Å². The smallest absolute Gasteiger partial charge is 0.336 e. The number of benzene rings is 1. The predicted octanol–water partition coefficient (Wildman–Crippen LogP) is 2.48. The fourth-order valence-electron chi connectivity index (χ4n) is 2.29. The largest absolute Gasteiger partial charge is 0.478 e. The van der Waals surface area contributed by atoms with Crippen molar-refractivity contribution in [3.8, 4) is 0 Å². The molecular weight excluding hydrogens is 218 g/mol. The molecule has 0 radical (unpaired) electrons. The number of carboxylic acids is 1. The minimum atomic E-state index is -1.01. The zero-order valence-electron chi connectivity index (χ0n) is 9.73. The van der Waals surface area contributed by atoms with Crippen molar-refractivity contribution in [2.24, 2.45) is 0 Å². The number of rotatable bonds is 3. The van der Waals surface area contributed by atoms with Crippen molar-refractivity contribution < 1.29 is 14.7 Å². The van der Waals surface area contributed by atoms with Crippen LogP contribution in [0.2, 0.25) is 0 Å². The molecule has 0 amide bonds. The van der Waals surface area contributed by atoms with E-state index in [1.807, 2.05) is 24.5 Å². The third-order valence-corrected chi connectivity index (χ3v) is 3.06. The normalized spacial score (nSPS) is 10.7. The molecule has 2 rings (SSSR count). The zero-order chi connectivity index (χ0) is 12.6. The monoisotopic (exact) mass is 231 g/mol. The third-order valence-electron chi connectivity index (χ3n) is 3.06. The molecular formula is C13H13NO3. The first-order valence-corrected chi connectivity index (χ1v) is 5.42. The summed E-state index contributed by atoms with van der Waals surface area (Å²) in [5, 5.41) is 9.69. The number of carbonyl (C=O) groups is 2.